The van der Waals surface area contributed by atoms with Crippen LogP contribution >= 0.6 is 11.3 Å². The first-order valence-corrected chi connectivity index (χ1v) is 8.98. The highest BCUT2D eigenvalue weighted by Gasteiger charge is 2.30. The summed E-state index contributed by atoms with van der Waals surface area (Å²) < 4.78 is 6.55. The molecule has 0 radical (unpaired) electrons. The zero-order valence-corrected chi connectivity index (χ0v) is 14.5. The van der Waals surface area contributed by atoms with Crippen LogP contribution in [0.15, 0.2) is 34.7 Å². The lowest BCUT2D eigenvalue weighted by molar-refractivity contribution is 0.0610. The van der Waals surface area contributed by atoms with Crippen LogP contribution in [0.2, 0.25) is 0 Å². The highest BCUT2D eigenvalue weighted by atomic mass is 32.1. The van der Waals surface area contributed by atoms with Crippen LogP contribution in [-0.2, 0) is 11.3 Å². The lowest BCUT2D eigenvalue weighted by atomic mass is 10.0. The number of thiazole rings is 1. The fourth-order valence-corrected chi connectivity index (χ4v) is 3.80. The number of rotatable bonds is 5. The van der Waals surface area contributed by atoms with Crippen molar-refractivity contribution in [3.8, 4) is 0 Å². The molecule has 1 amide bonds. The molecule has 0 aliphatic carbocycles. The van der Waals surface area contributed by atoms with Gasteiger partial charge in [0.05, 0.1) is 18.2 Å². The third-order valence-corrected chi connectivity index (χ3v) is 5.14. The highest BCUT2D eigenvalue weighted by Crippen LogP contribution is 2.32. The van der Waals surface area contributed by atoms with Gasteiger partial charge >= 0.3 is 0 Å². The van der Waals surface area contributed by atoms with Gasteiger partial charge in [-0.1, -0.05) is 0 Å². The fourth-order valence-electron chi connectivity index (χ4n) is 3.02. The summed E-state index contributed by atoms with van der Waals surface area (Å²) in [6, 6.07) is 3.10. The van der Waals surface area contributed by atoms with Crippen LogP contribution in [0.3, 0.4) is 0 Å². The first kappa shape index (κ1) is 16.9. The molecule has 0 N–H and O–H groups in total. The maximum Gasteiger partial charge on any atom is 0.255 e. The molecule has 24 heavy (non-hydrogen) atoms. The Balaban J connectivity index is 1.85. The minimum absolute atomic E-state index is 0.0330. The van der Waals surface area contributed by atoms with Crippen molar-refractivity contribution in [2.45, 2.75) is 31.8 Å². The van der Waals surface area contributed by atoms with Gasteiger partial charge in [-0.3, -0.25) is 9.59 Å². The summed E-state index contributed by atoms with van der Waals surface area (Å²) >= 11 is 1.59. The first-order valence-electron chi connectivity index (χ1n) is 8.10. The number of pyridine rings is 1. The molecule has 6 nitrogen and oxygen atoms in total. The highest BCUT2D eigenvalue weighted by molar-refractivity contribution is 7.09. The number of amides is 1. The summed E-state index contributed by atoms with van der Waals surface area (Å²) in [5, 5.41) is 2.92. The summed E-state index contributed by atoms with van der Waals surface area (Å²) in [5.74, 6) is -0.0407. The number of hydrogen-bond acceptors (Lipinski definition) is 5. The molecule has 128 valence electrons. The SMILES string of the molecule is COCCn1cc(C(=O)N2CCCC[C@@H]2c2nccs2)ccc1=O. The molecule has 0 unspecified atom stereocenters. The Kier molecular flexibility index (Phi) is 5.42. The van der Waals surface area contributed by atoms with Crippen molar-refractivity contribution < 1.29 is 9.53 Å². The van der Waals surface area contributed by atoms with E-state index in [9.17, 15) is 9.59 Å². The number of methoxy groups -OCH3 is 1. The van der Waals surface area contributed by atoms with E-state index in [1.807, 2.05) is 10.3 Å². The number of ether oxygens (including phenoxy) is 1. The minimum Gasteiger partial charge on any atom is -0.383 e. The number of hydrogen-bond donors (Lipinski definition) is 0. The van der Waals surface area contributed by atoms with E-state index in [1.54, 1.807) is 36.9 Å². The standard InChI is InChI=1S/C17H21N3O3S/c1-23-10-9-19-12-13(5-6-15(19)21)17(22)20-8-3-2-4-14(20)16-18-7-11-24-16/h5-7,11-12,14H,2-4,8-10H2,1H3/t14-/m1/s1. The molecular formula is C17H21N3O3S. The third-order valence-electron chi connectivity index (χ3n) is 4.27. The Hall–Kier alpha value is -1.99. The van der Waals surface area contributed by atoms with Gasteiger partial charge in [0.15, 0.2) is 0 Å². The molecule has 0 spiro atoms. The zero-order chi connectivity index (χ0) is 16.9. The molecule has 3 heterocycles. The molecule has 1 aliphatic heterocycles. The van der Waals surface area contributed by atoms with Gasteiger partial charge in [0.1, 0.15) is 5.01 Å². The van der Waals surface area contributed by atoms with E-state index in [1.165, 1.54) is 10.6 Å². The smallest absolute Gasteiger partial charge is 0.255 e. The predicted octanol–water partition coefficient (Wildman–Crippen LogP) is 2.32. The van der Waals surface area contributed by atoms with E-state index in [-0.39, 0.29) is 17.5 Å². The molecular weight excluding hydrogens is 326 g/mol. The lowest BCUT2D eigenvalue weighted by Gasteiger charge is -2.34. The molecule has 1 fully saturated rings. The Labute approximate surface area is 144 Å². The predicted molar refractivity (Wildman–Crippen MR) is 92.3 cm³/mol. The van der Waals surface area contributed by atoms with Crippen molar-refractivity contribution in [1.82, 2.24) is 14.5 Å². The van der Waals surface area contributed by atoms with Crippen LogP contribution in [0.4, 0.5) is 0 Å². The van der Waals surface area contributed by atoms with E-state index in [0.717, 1.165) is 30.8 Å². The molecule has 1 atom stereocenters. The summed E-state index contributed by atoms with van der Waals surface area (Å²) in [6.45, 7) is 1.59. The number of carbonyl (C=O) groups is 1. The zero-order valence-electron chi connectivity index (χ0n) is 13.7. The van der Waals surface area contributed by atoms with E-state index in [0.29, 0.717) is 18.7 Å². The molecule has 2 aromatic heterocycles. The molecule has 1 aliphatic rings. The maximum absolute atomic E-state index is 13.0. The van der Waals surface area contributed by atoms with Crippen LogP contribution in [-0.4, -0.2) is 40.6 Å². The Morgan fingerprint density at radius 2 is 2.29 bits per heavy atom. The summed E-state index contributed by atoms with van der Waals surface area (Å²) in [5.41, 5.74) is 0.410. The first-order chi connectivity index (χ1) is 11.7. The second kappa shape index (κ2) is 7.72. The number of aromatic nitrogens is 2. The summed E-state index contributed by atoms with van der Waals surface area (Å²) in [6.07, 6.45) is 6.44. The van der Waals surface area contributed by atoms with Gasteiger partial charge < -0.3 is 14.2 Å². The summed E-state index contributed by atoms with van der Waals surface area (Å²) in [4.78, 5) is 31.2. The van der Waals surface area contributed by atoms with E-state index in [4.69, 9.17) is 4.74 Å². The van der Waals surface area contributed by atoms with Gasteiger partial charge in [-0.05, 0) is 25.3 Å². The monoisotopic (exact) mass is 347 g/mol. The Morgan fingerprint density at radius 1 is 1.42 bits per heavy atom. The molecule has 0 aromatic carbocycles. The van der Waals surface area contributed by atoms with Crippen molar-refractivity contribution in [3.63, 3.8) is 0 Å². The normalized spacial score (nSPS) is 17.9. The van der Waals surface area contributed by atoms with Gasteiger partial charge in [-0.25, -0.2) is 4.98 Å². The fraction of sp³-hybridized carbons (Fsp3) is 0.471. The van der Waals surface area contributed by atoms with Crippen molar-refractivity contribution in [1.29, 1.82) is 0 Å². The van der Waals surface area contributed by atoms with Crippen LogP contribution in [0.25, 0.3) is 0 Å². The largest absolute Gasteiger partial charge is 0.383 e. The average Bonchev–Trinajstić information content (AvgIpc) is 3.15. The van der Waals surface area contributed by atoms with Crippen LogP contribution in [0, 0.1) is 0 Å². The third kappa shape index (κ3) is 3.57. The van der Waals surface area contributed by atoms with E-state index < -0.39 is 0 Å². The van der Waals surface area contributed by atoms with Crippen molar-refractivity contribution in [2.24, 2.45) is 0 Å². The number of likely N-dealkylation sites (tertiary alicyclic amines) is 1. The van der Waals surface area contributed by atoms with Crippen LogP contribution in [0.5, 0.6) is 0 Å². The molecule has 0 bridgehead atoms. The van der Waals surface area contributed by atoms with Crippen LogP contribution in [0.1, 0.15) is 40.7 Å². The number of carbonyl (C=O) groups excluding carboxylic acids is 1. The Morgan fingerprint density at radius 3 is 3.04 bits per heavy atom. The molecule has 3 rings (SSSR count). The van der Waals surface area contributed by atoms with Gasteiger partial charge in [0.25, 0.3) is 11.5 Å². The van der Waals surface area contributed by atoms with Crippen molar-refractivity contribution in [3.05, 3.63) is 50.8 Å². The lowest BCUT2D eigenvalue weighted by Crippen LogP contribution is -2.39. The van der Waals surface area contributed by atoms with Crippen molar-refractivity contribution >= 4 is 17.2 Å². The second-order valence-electron chi connectivity index (χ2n) is 5.82. The van der Waals surface area contributed by atoms with Gasteiger partial charge in [-0.2, -0.15) is 0 Å². The van der Waals surface area contributed by atoms with E-state index >= 15 is 0 Å². The number of nitrogens with zero attached hydrogens (tertiary/aromatic N) is 3. The second-order valence-corrected chi connectivity index (χ2v) is 6.75. The molecule has 1 saturated heterocycles. The minimum atomic E-state index is -0.126. The molecule has 7 heteroatoms. The van der Waals surface area contributed by atoms with Gasteiger partial charge in [0, 0.05) is 44.0 Å². The van der Waals surface area contributed by atoms with Crippen LogP contribution < -0.4 is 5.56 Å². The van der Waals surface area contributed by atoms with E-state index in [2.05, 4.69) is 4.98 Å². The quantitative estimate of drug-likeness (QED) is 0.833. The average molecular weight is 347 g/mol. The van der Waals surface area contributed by atoms with Gasteiger partial charge in [-0.15, -0.1) is 11.3 Å². The van der Waals surface area contributed by atoms with Gasteiger partial charge in [0.2, 0.25) is 0 Å². The Bertz CT molecular complexity index is 742. The number of piperidine rings is 1. The topological polar surface area (TPSA) is 64.4 Å². The van der Waals surface area contributed by atoms with Crippen molar-refractivity contribution in [2.75, 3.05) is 20.3 Å². The summed E-state index contributed by atoms with van der Waals surface area (Å²) in [7, 11) is 1.59. The maximum atomic E-state index is 13.0. The molecule has 0 saturated carbocycles. The molecule has 2 aromatic rings.